The number of anilines is 3. The van der Waals surface area contributed by atoms with E-state index in [1.54, 1.807) is 19.1 Å². The summed E-state index contributed by atoms with van der Waals surface area (Å²) >= 11 is 7.68. The van der Waals surface area contributed by atoms with Crippen molar-refractivity contribution in [2.45, 2.75) is 63.5 Å². The number of fused-ring (bicyclic) bond motifs is 2. The highest BCUT2D eigenvalue weighted by atomic mass is 35.5. The number of nitrogens with zero attached hydrogens (tertiary/aromatic N) is 6. The fourth-order valence-corrected chi connectivity index (χ4v) is 8.68. The number of halogens is 6. The van der Waals surface area contributed by atoms with E-state index in [4.69, 9.17) is 32.5 Å². The molecule has 0 bridgehead atoms. The minimum atomic E-state index is -3.12. The van der Waals surface area contributed by atoms with E-state index in [-0.39, 0.29) is 66.0 Å². The predicted octanol–water partition coefficient (Wildman–Crippen LogP) is 7.50. The van der Waals surface area contributed by atoms with E-state index < -0.39 is 48.0 Å². The number of alkyl halides is 3. The molecule has 2 saturated heterocycles. The van der Waals surface area contributed by atoms with Crippen LogP contribution < -0.4 is 25.8 Å². The number of aromatic nitrogens is 3. The molecule has 8 rings (SSSR count). The molecule has 0 aliphatic carbocycles. The molecular formula is C35H32ClF5N8O2S. The predicted molar refractivity (Wildman–Crippen MR) is 190 cm³/mol. The monoisotopic (exact) mass is 758 g/mol. The molecule has 3 aliphatic heterocycles. The zero-order chi connectivity index (χ0) is 37.0. The molecule has 0 spiro atoms. The first kappa shape index (κ1) is 35.7. The van der Waals surface area contributed by atoms with Gasteiger partial charge in [0.25, 0.3) is 0 Å². The third-order valence-corrected chi connectivity index (χ3v) is 11.1. The van der Waals surface area contributed by atoms with E-state index in [9.17, 15) is 22.8 Å². The number of pyridine rings is 1. The maximum Gasteiger partial charge on any atom is 0.318 e. The van der Waals surface area contributed by atoms with Crippen molar-refractivity contribution in [2.24, 2.45) is 0 Å². The second-order valence-electron chi connectivity index (χ2n) is 12.8. The summed E-state index contributed by atoms with van der Waals surface area (Å²) in [7, 11) is 1.21. The molecule has 4 N–H and O–H groups in total. The van der Waals surface area contributed by atoms with Crippen molar-refractivity contribution >= 4 is 60.6 Å². The Hall–Kier alpha value is -4.72. The number of ether oxygens (including phenoxy) is 2. The van der Waals surface area contributed by atoms with Gasteiger partial charge in [0.2, 0.25) is 0 Å². The van der Waals surface area contributed by atoms with Crippen LogP contribution in [0.5, 0.6) is 11.8 Å². The maximum atomic E-state index is 16.7. The topological polar surface area (TPSA) is 139 Å². The van der Waals surface area contributed by atoms with Gasteiger partial charge in [-0.2, -0.15) is 24.0 Å². The Kier molecular flexibility index (Phi) is 9.62. The molecule has 2 aromatic carbocycles. The summed E-state index contributed by atoms with van der Waals surface area (Å²) in [5.74, 6) is -2.05. The largest absolute Gasteiger partial charge is 0.486 e. The van der Waals surface area contributed by atoms with Crippen LogP contribution in [0.25, 0.3) is 32.1 Å². The molecule has 5 aromatic rings. The third kappa shape index (κ3) is 6.14. The molecule has 3 aromatic heterocycles. The number of benzene rings is 2. The lowest BCUT2D eigenvalue weighted by Gasteiger charge is -2.33. The van der Waals surface area contributed by atoms with Gasteiger partial charge in [0, 0.05) is 29.7 Å². The molecule has 0 radical (unpaired) electrons. The molecule has 6 heterocycles. The van der Waals surface area contributed by atoms with Crippen LogP contribution >= 0.6 is 22.9 Å². The SMILES string of the molecule is COc1nc2c3c(c(Cl)c(-c4ccc(F)c5sc(N)c(C#N)c45)c(F)c3n1)OC(C)C(Cc1ccnc(N)c1)N2C(F)F.FC1CC2CCCN2C1. The molecule has 4 unspecified atom stereocenters. The van der Waals surface area contributed by atoms with Crippen molar-refractivity contribution in [1.29, 1.82) is 5.26 Å². The molecular weight excluding hydrogens is 727 g/mol. The van der Waals surface area contributed by atoms with Gasteiger partial charge in [-0.05, 0) is 68.5 Å². The first-order valence-corrected chi connectivity index (χ1v) is 17.6. The fraction of sp³-hybridized carbons (Fsp3) is 0.371. The zero-order valence-electron chi connectivity index (χ0n) is 27.8. The average Bonchev–Trinajstić information content (AvgIpc) is 3.77. The highest BCUT2D eigenvalue weighted by Gasteiger charge is 2.41. The summed E-state index contributed by atoms with van der Waals surface area (Å²) in [6, 6.07) is 6.63. The van der Waals surface area contributed by atoms with E-state index >= 15 is 4.39 Å². The average molecular weight is 759 g/mol. The Balaban J connectivity index is 0.000000404. The minimum absolute atomic E-state index is 0.0174. The number of methoxy groups -OCH3 is 1. The lowest BCUT2D eigenvalue weighted by molar-refractivity contribution is 0.100. The summed E-state index contributed by atoms with van der Waals surface area (Å²) in [6.45, 7) is 0.306. The van der Waals surface area contributed by atoms with Gasteiger partial charge in [-0.1, -0.05) is 17.7 Å². The van der Waals surface area contributed by atoms with Crippen molar-refractivity contribution in [2.75, 3.05) is 36.6 Å². The van der Waals surface area contributed by atoms with Crippen molar-refractivity contribution in [3.8, 4) is 29.0 Å². The number of nitrogen functional groups attached to an aromatic ring is 2. The molecule has 52 heavy (non-hydrogen) atoms. The second kappa shape index (κ2) is 14.0. The van der Waals surface area contributed by atoms with E-state index in [1.807, 2.05) is 6.07 Å². The van der Waals surface area contributed by atoms with Crippen LogP contribution in [-0.4, -0.2) is 71.0 Å². The molecule has 3 aliphatic rings. The highest BCUT2D eigenvalue weighted by Crippen LogP contribution is 2.52. The number of hydrogen-bond donors (Lipinski definition) is 2. The van der Waals surface area contributed by atoms with Gasteiger partial charge in [-0.3, -0.25) is 9.80 Å². The van der Waals surface area contributed by atoms with Crippen molar-refractivity contribution in [3.05, 3.63) is 58.2 Å². The number of nitriles is 1. The standard InChI is InChI=1S/C28H20ClF4N7O2S.C7H12FN/c1-10-15(7-11-5-6-37-16(35)8-11)40(27(32)33)26-19-22(38-28(39-26)41-2)21(31)18(20(29)23(19)42-10)12-3-4-14(30)24-17(12)13(9-34)25(36)43-24;8-6-4-7-2-1-3-9(7)5-6/h3-6,8,10,15,27H,7,36H2,1-2H3,(H2,35,37);6-7H,1-5H2. The van der Waals surface area contributed by atoms with E-state index in [1.165, 1.54) is 32.2 Å². The van der Waals surface area contributed by atoms with Gasteiger partial charge >= 0.3 is 12.6 Å². The van der Waals surface area contributed by atoms with Crippen LogP contribution in [0.2, 0.25) is 5.02 Å². The van der Waals surface area contributed by atoms with Gasteiger partial charge in [-0.25, -0.2) is 18.2 Å². The molecule has 0 amide bonds. The Morgan fingerprint density at radius 2 is 1.98 bits per heavy atom. The van der Waals surface area contributed by atoms with Crippen molar-refractivity contribution < 1.29 is 31.4 Å². The van der Waals surface area contributed by atoms with Crippen LogP contribution in [0.15, 0.2) is 30.5 Å². The molecule has 272 valence electrons. The van der Waals surface area contributed by atoms with Crippen LogP contribution in [0.3, 0.4) is 0 Å². The third-order valence-electron chi connectivity index (χ3n) is 9.73. The van der Waals surface area contributed by atoms with Crippen molar-refractivity contribution in [1.82, 2.24) is 19.9 Å². The Bertz CT molecular complexity index is 2220. The smallest absolute Gasteiger partial charge is 0.318 e. The summed E-state index contributed by atoms with van der Waals surface area (Å²) in [5, 5.41) is 9.35. The van der Waals surface area contributed by atoms with E-state index in [0.29, 0.717) is 23.0 Å². The summed E-state index contributed by atoms with van der Waals surface area (Å²) < 4.78 is 85.4. The lowest BCUT2D eigenvalue weighted by atomic mass is 9.96. The molecule has 17 heteroatoms. The number of nitrogens with two attached hydrogens (primary N) is 2. The second-order valence-corrected chi connectivity index (χ2v) is 14.3. The molecule has 10 nitrogen and oxygen atoms in total. The number of rotatable bonds is 5. The number of hydrogen-bond acceptors (Lipinski definition) is 11. The quantitative estimate of drug-likeness (QED) is 0.137. The van der Waals surface area contributed by atoms with Crippen molar-refractivity contribution in [3.63, 3.8) is 0 Å². The number of thiophene rings is 1. The van der Waals surface area contributed by atoms with Crippen LogP contribution in [0.1, 0.15) is 37.3 Å². The Labute approximate surface area is 303 Å². The van der Waals surface area contributed by atoms with Crippen LogP contribution in [0, 0.1) is 23.0 Å². The van der Waals surface area contributed by atoms with Gasteiger partial charge in [0.1, 0.15) is 40.5 Å². The van der Waals surface area contributed by atoms with Gasteiger partial charge in [0.15, 0.2) is 17.4 Å². The van der Waals surface area contributed by atoms with Crippen LogP contribution in [-0.2, 0) is 6.42 Å². The zero-order valence-corrected chi connectivity index (χ0v) is 29.4. The minimum Gasteiger partial charge on any atom is -0.486 e. The highest BCUT2D eigenvalue weighted by molar-refractivity contribution is 7.23. The summed E-state index contributed by atoms with van der Waals surface area (Å²) in [5.41, 5.74) is 11.7. The Morgan fingerprint density at radius 3 is 2.67 bits per heavy atom. The lowest BCUT2D eigenvalue weighted by Crippen LogP contribution is -2.48. The van der Waals surface area contributed by atoms with Crippen LogP contribution in [0.4, 0.5) is 38.6 Å². The summed E-state index contributed by atoms with van der Waals surface area (Å²) in [4.78, 5) is 15.3. The van der Waals surface area contributed by atoms with Gasteiger partial charge in [0.05, 0.1) is 33.8 Å². The first-order valence-electron chi connectivity index (χ1n) is 16.4. The molecule has 0 saturated carbocycles. The maximum absolute atomic E-state index is 16.7. The first-order chi connectivity index (χ1) is 24.9. The molecule has 2 fully saturated rings. The van der Waals surface area contributed by atoms with Gasteiger partial charge in [-0.15, -0.1) is 11.3 Å². The fourth-order valence-electron chi connectivity index (χ4n) is 7.41. The summed E-state index contributed by atoms with van der Waals surface area (Å²) in [6.07, 6.45) is 3.32. The van der Waals surface area contributed by atoms with E-state index in [2.05, 4.69) is 19.9 Å². The Morgan fingerprint density at radius 1 is 1.19 bits per heavy atom. The van der Waals surface area contributed by atoms with Gasteiger partial charge < -0.3 is 20.9 Å². The normalized spacial score (nSPS) is 21.1. The molecule has 4 atom stereocenters. The van der Waals surface area contributed by atoms with E-state index in [0.717, 1.165) is 30.4 Å².